The molecular formula is C30H30O4. The van der Waals surface area contributed by atoms with E-state index < -0.39 is 0 Å². The highest BCUT2D eigenvalue weighted by atomic mass is 16.5. The van der Waals surface area contributed by atoms with Gasteiger partial charge in [-0.25, -0.2) is 0 Å². The molecule has 174 valence electrons. The van der Waals surface area contributed by atoms with Crippen molar-refractivity contribution in [2.24, 2.45) is 0 Å². The molecule has 34 heavy (non-hydrogen) atoms. The second-order valence-electron chi connectivity index (χ2n) is 9.17. The molecule has 0 spiro atoms. The molecule has 3 aromatic carbocycles. The summed E-state index contributed by atoms with van der Waals surface area (Å²) in [5.41, 5.74) is 4.96. The zero-order chi connectivity index (χ0) is 23.5. The van der Waals surface area contributed by atoms with Crippen LogP contribution < -0.4 is 18.9 Å². The van der Waals surface area contributed by atoms with Crippen LogP contribution in [-0.2, 0) is 6.61 Å². The lowest BCUT2D eigenvalue weighted by molar-refractivity contribution is 0.158. The molecule has 2 heterocycles. The maximum Gasteiger partial charge on any atom is 0.137 e. The smallest absolute Gasteiger partial charge is 0.137 e. The summed E-state index contributed by atoms with van der Waals surface area (Å²) < 4.78 is 24.5. The van der Waals surface area contributed by atoms with Gasteiger partial charge in [-0.15, -0.1) is 0 Å². The molecule has 0 atom stereocenters. The molecule has 0 N–H and O–H groups in total. The Morgan fingerprint density at radius 3 is 2.65 bits per heavy atom. The summed E-state index contributed by atoms with van der Waals surface area (Å²) in [5.74, 6) is 3.32. The van der Waals surface area contributed by atoms with E-state index in [9.17, 15) is 0 Å². The third kappa shape index (κ3) is 4.67. The van der Waals surface area contributed by atoms with Crippen LogP contribution >= 0.6 is 0 Å². The van der Waals surface area contributed by atoms with Gasteiger partial charge in [0.1, 0.15) is 41.8 Å². The van der Waals surface area contributed by atoms with E-state index in [4.69, 9.17) is 18.9 Å². The average Bonchev–Trinajstić information content (AvgIpc) is 2.85. The first-order valence-electron chi connectivity index (χ1n) is 11.8. The van der Waals surface area contributed by atoms with E-state index in [2.05, 4.69) is 63.3 Å². The molecule has 5 rings (SSSR count). The van der Waals surface area contributed by atoms with E-state index in [0.29, 0.717) is 19.8 Å². The first-order chi connectivity index (χ1) is 16.5. The average molecular weight is 455 g/mol. The Morgan fingerprint density at radius 2 is 1.82 bits per heavy atom. The third-order valence-corrected chi connectivity index (χ3v) is 5.92. The van der Waals surface area contributed by atoms with E-state index >= 15 is 0 Å². The Labute approximate surface area is 201 Å². The number of fused-ring (bicyclic) bond motifs is 3. The van der Waals surface area contributed by atoms with Gasteiger partial charge in [0.2, 0.25) is 0 Å². The second kappa shape index (κ2) is 9.30. The zero-order valence-electron chi connectivity index (χ0n) is 20.0. The van der Waals surface area contributed by atoms with Gasteiger partial charge in [-0.1, -0.05) is 37.3 Å². The van der Waals surface area contributed by atoms with E-state index in [1.165, 1.54) is 0 Å². The molecule has 2 aliphatic rings. The monoisotopic (exact) mass is 454 g/mol. The molecule has 0 unspecified atom stereocenters. The Kier molecular flexibility index (Phi) is 6.06. The first-order valence-corrected chi connectivity index (χ1v) is 11.8. The van der Waals surface area contributed by atoms with Crippen molar-refractivity contribution in [1.29, 1.82) is 0 Å². The molecule has 0 saturated carbocycles. The second-order valence-corrected chi connectivity index (χ2v) is 9.17. The molecule has 4 heteroatoms. The van der Waals surface area contributed by atoms with Crippen molar-refractivity contribution < 1.29 is 18.9 Å². The fraction of sp³-hybridized carbons (Fsp3) is 0.267. The van der Waals surface area contributed by atoms with Crippen molar-refractivity contribution in [2.75, 3.05) is 13.2 Å². The number of hydrogen-bond donors (Lipinski definition) is 0. The van der Waals surface area contributed by atoms with Crippen LogP contribution in [0.15, 0.2) is 66.7 Å². The molecule has 0 bridgehead atoms. The summed E-state index contributed by atoms with van der Waals surface area (Å²) in [6.45, 7) is 7.84. The maximum absolute atomic E-state index is 6.27. The lowest BCUT2D eigenvalue weighted by Crippen LogP contribution is -2.27. The summed E-state index contributed by atoms with van der Waals surface area (Å²) in [5, 5.41) is 0. The fourth-order valence-corrected chi connectivity index (χ4v) is 4.19. The van der Waals surface area contributed by atoms with Crippen LogP contribution in [0.25, 0.3) is 17.7 Å². The van der Waals surface area contributed by atoms with Gasteiger partial charge in [0.15, 0.2) is 0 Å². The lowest BCUT2D eigenvalue weighted by Gasteiger charge is -2.30. The van der Waals surface area contributed by atoms with Gasteiger partial charge in [-0.05, 0) is 68.3 Å². The van der Waals surface area contributed by atoms with E-state index in [1.54, 1.807) is 0 Å². The minimum absolute atomic E-state index is 0.313. The van der Waals surface area contributed by atoms with Crippen LogP contribution in [0.1, 0.15) is 49.4 Å². The lowest BCUT2D eigenvalue weighted by atomic mass is 9.95. The predicted molar refractivity (Wildman–Crippen MR) is 137 cm³/mol. The Morgan fingerprint density at radius 1 is 0.971 bits per heavy atom. The Bertz CT molecular complexity index is 1240. The molecule has 0 saturated heterocycles. The van der Waals surface area contributed by atoms with Gasteiger partial charge in [0.25, 0.3) is 0 Å². The van der Waals surface area contributed by atoms with Crippen LogP contribution in [0, 0.1) is 0 Å². The van der Waals surface area contributed by atoms with Gasteiger partial charge in [-0.3, -0.25) is 0 Å². The highest BCUT2D eigenvalue weighted by Crippen LogP contribution is 2.43. The Balaban J connectivity index is 1.43. The van der Waals surface area contributed by atoms with Crippen molar-refractivity contribution in [3.05, 3.63) is 89.0 Å². The van der Waals surface area contributed by atoms with Gasteiger partial charge in [0.05, 0.1) is 12.2 Å². The van der Waals surface area contributed by atoms with E-state index in [0.717, 1.165) is 57.2 Å². The first kappa shape index (κ1) is 22.1. The molecule has 0 aliphatic carbocycles. The maximum atomic E-state index is 6.27. The highest BCUT2D eigenvalue weighted by molar-refractivity contribution is 5.90. The minimum Gasteiger partial charge on any atom is -0.493 e. The topological polar surface area (TPSA) is 36.9 Å². The third-order valence-electron chi connectivity index (χ3n) is 5.92. The van der Waals surface area contributed by atoms with Crippen LogP contribution in [0.5, 0.6) is 23.0 Å². The van der Waals surface area contributed by atoms with Crippen LogP contribution in [-0.4, -0.2) is 18.8 Å². The largest absolute Gasteiger partial charge is 0.493 e. The summed E-state index contributed by atoms with van der Waals surface area (Å²) in [4.78, 5) is 0. The normalized spacial score (nSPS) is 15.3. The van der Waals surface area contributed by atoms with Gasteiger partial charge in [0, 0.05) is 22.8 Å². The van der Waals surface area contributed by atoms with Crippen molar-refractivity contribution >= 4 is 17.7 Å². The molecule has 0 radical (unpaired) electrons. The number of benzene rings is 3. The Hall–Kier alpha value is -3.66. The van der Waals surface area contributed by atoms with Crippen molar-refractivity contribution in [3.63, 3.8) is 0 Å². The molecule has 0 aromatic heterocycles. The summed E-state index contributed by atoms with van der Waals surface area (Å²) >= 11 is 0. The molecule has 2 aliphatic heterocycles. The number of hydrogen-bond acceptors (Lipinski definition) is 4. The van der Waals surface area contributed by atoms with Gasteiger partial charge >= 0.3 is 0 Å². The molecule has 0 fully saturated rings. The fourth-order valence-electron chi connectivity index (χ4n) is 4.19. The molecule has 3 aromatic rings. The molecule has 4 nitrogen and oxygen atoms in total. The van der Waals surface area contributed by atoms with E-state index in [1.807, 2.05) is 36.4 Å². The standard InChI is InChI=1S/C30H30O4/c1-4-16-31-28-18-24(32-19-21-8-6-5-7-9-21)11-12-25(28)23-17-22-10-13-27-26(29(22)33-20-23)14-15-30(2,3)34-27/h5-15,17-18H,4,16,19-20H2,1-3H3. The van der Waals surface area contributed by atoms with Crippen molar-refractivity contribution in [2.45, 2.75) is 39.4 Å². The van der Waals surface area contributed by atoms with Crippen molar-refractivity contribution in [3.8, 4) is 23.0 Å². The number of rotatable bonds is 7. The van der Waals surface area contributed by atoms with Crippen LogP contribution in [0.4, 0.5) is 0 Å². The summed E-state index contributed by atoms with van der Waals surface area (Å²) in [6, 6.07) is 20.3. The quantitative estimate of drug-likeness (QED) is 0.379. The van der Waals surface area contributed by atoms with Gasteiger partial charge < -0.3 is 18.9 Å². The van der Waals surface area contributed by atoms with Gasteiger partial charge in [-0.2, -0.15) is 0 Å². The highest BCUT2D eigenvalue weighted by Gasteiger charge is 2.27. The van der Waals surface area contributed by atoms with Crippen LogP contribution in [0.2, 0.25) is 0 Å². The van der Waals surface area contributed by atoms with Crippen LogP contribution in [0.3, 0.4) is 0 Å². The van der Waals surface area contributed by atoms with Crippen molar-refractivity contribution in [1.82, 2.24) is 0 Å². The van der Waals surface area contributed by atoms with E-state index in [-0.39, 0.29) is 5.60 Å². The number of ether oxygens (including phenoxy) is 4. The molecule has 0 amide bonds. The molecular weight excluding hydrogens is 424 g/mol. The summed E-state index contributed by atoms with van der Waals surface area (Å²) in [7, 11) is 0. The predicted octanol–water partition coefficient (Wildman–Crippen LogP) is 7.17. The SMILES string of the molecule is CCCOc1cc(OCc2ccccc2)ccc1C1=Cc2ccc3c(c2OC1)C=CC(C)(C)O3. The summed E-state index contributed by atoms with van der Waals surface area (Å²) in [6.07, 6.45) is 7.29. The minimum atomic E-state index is -0.313. The zero-order valence-corrected chi connectivity index (χ0v) is 20.0.